The third kappa shape index (κ3) is 2.56. The van der Waals surface area contributed by atoms with E-state index >= 15 is 0 Å². The van der Waals surface area contributed by atoms with Gasteiger partial charge in [0, 0.05) is 16.2 Å². The van der Waals surface area contributed by atoms with Crippen molar-refractivity contribution < 1.29 is 9.53 Å². The van der Waals surface area contributed by atoms with Gasteiger partial charge in [-0.3, -0.25) is 0 Å². The van der Waals surface area contributed by atoms with Crippen molar-refractivity contribution >= 4 is 27.4 Å². The molecule has 0 saturated carbocycles. The fraction of sp³-hybridized carbons (Fsp3) is 0.125. The van der Waals surface area contributed by atoms with Crippen LogP contribution < -0.4 is 0 Å². The highest BCUT2D eigenvalue weighted by atomic mass is 79.9. The van der Waals surface area contributed by atoms with Crippen LogP contribution in [0.15, 0.2) is 53.3 Å². The van der Waals surface area contributed by atoms with Gasteiger partial charge in [-0.15, -0.1) is 0 Å². The first-order valence-corrected chi connectivity index (χ1v) is 7.39. The van der Waals surface area contributed by atoms with E-state index in [1.807, 2.05) is 47.0 Å². The van der Waals surface area contributed by atoms with E-state index in [1.54, 1.807) is 13.1 Å². The van der Waals surface area contributed by atoms with Crippen LogP contribution in [-0.2, 0) is 4.74 Å². The zero-order valence-corrected chi connectivity index (χ0v) is 13.0. The molecule has 0 bridgehead atoms. The first-order chi connectivity index (χ1) is 10.2. The average Bonchev–Trinajstić information content (AvgIpc) is 2.96. The number of nitrogens with zero attached hydrogens (tertiary/aromatic N) is 2. The quantitative estimate of drug-likeness (QED) is 0.676. The summed E-state index contributed by atoms with van der Waals surface area (Å²) in [6.45, 7) is 2.11. The fourth-order valence-corrected chi connectivity index (χ4v) is 2.51. The molecule has 106 valence electrons. The third-order valence-electron chi connectivity index (χ3n) is 3.16. The minimum absolute atomic E-state index is 0.322. The van der Waals surface area contributed by atoms with E-state index in [-0.39, 0.29) is 0 Å². The van der Waals surface area contributed by atoms with Crippen LogP contribution in [-0.4, -0.2) is 22.0 Å². The smallest absolute Gasteiger partial charge is 0.359 e. The molecule has 0 aliphatic carbocycles. The van der Waals surface area contributed by atoms with Gasteiger partial charge in [0.2, 0.25) is 0 Å². The Hall–Kier alpha value is -2.14. The van der Waals surface area contributed by atoms with Crippen LogP contribution in [0.25, 0.3) is 16.8 Å². The summed E-state index contributed by atoms with van der Waals surface area (Å²) < 4.78 is 8.05. The topological polar surface area (TPSA) is 43.6 Å². The second kappa shape index (κ2) is 5.69. The minimum atomic E-state index is -0.411. The fourth-order valence-electron chi connectivity index (χ4n) is 2.24. The first kappa shape index (κ1) is 13.8. The molecule has 0 aliphatic rings. The maximum absolute atomic E-state index is 12.2. The van der Waals surface area contributed by atoms with Crippen molar-refractivity contribution in [2.45, 2.75) is 6.92 Å². The van der Waals surface area contributed by atoms with Crippen LogP contribution in [0.3, 0.4) is 0 Å². The molecule has 0 atom stereocenters. The standard InChI is InChI=1S/C16H13BrN2O2/c1-2-21-16(20)14-15(11-5-7-12(17)8-6-11)19-9-3-4-13(19)10-18-14/h3-10H,2H2,1H3. The molecule has 0 aliphatic heterocycles. The third-order valence-corrected chi connectivity index (χ3v) is 3.69. The largest absolute Gasteiger partial charge is 0.461 e. The summed E-state index contributed by atoms with van der Waals surface area (Å²) in [6.07, 6.45) is 3.59. The predicted molar refractivity (Wildman–Crippen MR) is 84.3 cm³/mol. The van der Waals surface area contributed by atoms with Gasteiger partial charge >= 0.3 is 5.97 Å². The Morgan fingerprint density at radius 3 is 2.76 bits per heavy atom. The first-order valence-electron chi connectivity index (χ1n) is 6.60. The van der Waals surface area contributed by atoms with E-state index in [2.05, 4.69) is 20.9 Å². The second-order valence-corrected chi connectivity index (χ2v) is 5.40. The van der Waals surface area contributed by atoms with Gasteiger partial charge in [-0.25, -0.2) is 9.78 Å². The summed E-state index contributed by atoms with van der Waals surface area (Å²) >= 11 is 3.42. The summed E-state index contributed by atoms with van der Waals surface area (Å²) in [7, 11) is 0. The van der Waals surface area contributed by atoms with Gasteiger partial charge in [0.15, 0.2) is 5.69 Å². The molecule has 4 nitrogen and oxygen atoms in total. The van der Waals surface area contributed by atoms with Crippen LogP contribution in [0.1, 0.15) is 17.4 Å². The van der Waals surface area contributed by atoms with Crippen LogP contribution in [0.2, 0.25) is 0 Å². The predicted octanol–water partition coefficient (Wildman–Crippen LogP) is 3.94. The van der Waals surface area contributed by atoms with E-state index in [1.165, 1.54) is 0 Å². The average molecular weight is 345 g/mol. The van der Waals surface area contributed by atoms with E-state index in [0.717, 1.165) is 21.2 Å². The molecule has 5 heteroatoms. The monoisotopic (exact) mass is 344 g/mol. The highest BCUT2D eigenvalue weighted by molar-refractivity contribution is 9.10. The number of benzene rings is 1. The van der Waals surface area contributed by atoms with Gasteiger partial charge in [0.25, 0.3) is 0 Å². The second-order valence-electron chi connectivity index (χ2n) is 4.49. The maximum Gasteiger partial charge on any atom is 0.359 e. The lowest BCUT2D eigenvalue weighted by atomic mass is 10.1. The lowest BCUT2D eigenvalue weighted by Crippen LogP contribution is -2.11. The number of hydrogen-bond donors (Lipinski definition) is 0. The Balaban J connectivity index is 2.25. The SMILES string of the molecule is CCOC(=O)c1ncc2cccn2c1-c1ccc(Br)cc1. The summed E-state index contributed by atoms with van der Waals surface area (Å²) in [5.74, 6) is -0.411. The summed E-state index contributed by atoms with van der Waals surface area (Å²) in [4.78, 5) is 16.5. The molecule has 0 spiro atoms. The van der Waals surface area contributed by atoms with Crippen molar-refractivity contribution in [2.24, 2.45) is 0 Å². The molecule has 0 amide bonds. The molecule has 2 heterocycles. The number of aromatic nitrogens is 2. The molecule has 0 fully saturated rings. The summed E-state index contributed by atoms with van der Waals surface area (Å²) in [5.41, 5.74) is 2.91. The molecule has 21 heavy (non-hydrogen) atoms. The van der Waals surface area contributed by atoms with E-state index < -0.39 is 5.97 Å². The zero-order chi connectivity index (χ0) is 14.8. The molecule has 3 rings (SSSR count). The highest BCUT2D eigenvalue weighted by Gasteiger charge is 2.18. The number of rotatable bonds is 3. The van der Waals surface area contributed by atoms with Gasteiger partial charge in [-0.2, -0.15) is 0 Å². The van der Waals surface area contributed by atoms with Crippen molar-refractivity contribution in [1.82, 2.24) is 9.38 Å². The highest BCUT2D eigenvalue weighted by Crippen LogP contribution is 2.26. The molecule has 2 aromatic heterocycles. The normalized spacial score (nSPS) is 10.8. The van der Waals surface area contributed by atoms with Gasteiger partial charge in [-0.1, -0.05) is 28.1 Å². The van der Waals surface area contributed by atoms with Crippen molar-refractivity contribution in [3.05, 3.63) is 59.0 Å². The minimum Gasteiger partial charge on any atom is -0.461 e. The summed E-state index contributed by atoms with van der Waals surface area (Å²) in [6, 6.07) is 11.6. The number of fused-ring (bicyclic) bond motifs is 1. The molecule has 1 aromatic carbocycles. The number of ether oxygens (including phenoxy) is 1. The van der Waals surface area contributed by atoms with E-state index in [4.69, 9.17) is 4.74 Å². The van der Waals surface area contributed by atoms with Crippen LogP contribution >= 0.6 is 15.9 Å². The number of hydrogen-bond acceptors (Lipinski definition) is 3. The van der Waals surface area contributed by atoms with E-state index in [0.29, 0.717) is 12.3 Å². The van der Waals surface area contributed by atoms with E-state index in [9.17, 15) is 4.79 Å². The summed E-state index contributed by atoms with van der Waals surface area (Å²) in [5, 5.41) is 0. The van der Waals surface area contributed by atoms with Crippen molar-refractivity contribution in [1.29, 1.82) is 0 Å². The Morgan fingerprint density at radius 1 is 1.29 bits per heavy atom. The molecule has 0 saturated heterocycles. The Morgan fingerprint density at radius 2 is 2.05 bits per heavy atom. The van der Waals surface area contributed by atoms with Gasteiger partial charge < -0.3 is 9.14 Å². The molecule has 0 radical (unpaired) electrons. The number of carbonyl (C=O) groups is 1. The number of carbonyl (C=O) groups excluding carboxylic acids is 1. The molecule has 3 aromatic rings. The number of halogens is 1. The van der Waals surface area contributed by atoms with Crippen LogP contribution in [0, 0.1) is 0 Å². The van der Waals surface area contributed by atoms with Crippen molar-refractivity contribution in [3.8, 4) is 11.3 Å². The van der Waals surface area contributed by atoms with Gasteiger partial charge in [0.05, 0.1) is 24.0 Å². The van der Waals surface area contributed by atoms with Gasteiger partial charge in [-0.05, 0) is 31.2 Å². The Labute approximate surface area is 130 Å². The zero-order valence-electron chi connectivity index (χ0n) is 11.4. The number of esters is 1. The molecule has 0 N–H and O–H groups in total. The molecular weight excluding hydrogens is 332 g/mol. The Bertz CT molecular complexity index is 794. The van der Waals surface area contributed by atoms with Crippen molar-refractivity contribution in [3.63, 3.8) is 0 Å². The van der Waals surface area contributed by atoms with Crippen molar-refractivity contribution in [2.75, 3.05) is 6.61 Å². The molecule has 0 unspecified atom stereocenters. The van der Waals surface area contributed by atoms with Crippen LogP contribution in [0.4, 0.5) is 0 Å². The van der Waals surface area contributed by atoms with Crippen LogP contribution in [0.5, 0.6) is 0 Å². The lowest BCUT2D eigenvalue weighted by molar-refractivity contribution is 0.0520. The molecular formula is C16H13BrN2O2. The maximum atomic E-state index is 12.2. The Kier molecular flexibility index (Phi) is 3.75. The lowest BCUT2D eigenvalue weighted by Gasteiger charge is -2.11. The van der Waals surface area contributed by atoms with Gasteiger partial charge in [0.1, 0.15) is 0 Å².